The molecule has 0 aliphatic heterocycles. The summed E-state index contributed by atoms with van der Waals surface area (Å²) in [4.78, 5) is 0.0598. The van der Waals surface area contributed by atoms with E-state index in [4.69, 9.17) is 16.0 Å². The number of aliphatic hydroxyl groups is 1. The molecule has 40 heavy (non-hydrogen) atoms. The first-order valence-electron chi connectivity index (χ1n) is 13.9. The minimum absolute atomic E-state index is 0.0598. The van der Waals surface area contributed by atoms with Crippen LogP contribution in [0, 0.1) is 0 Å². The van der Waals surface area contributed by atoms with E-state index in [-0.39, 0.29) is 21.0 Å². The van der Waals surface area contributed by atoms with Gasteiger partial charge in [-0.1, -0.05) is 121 Å². The molecule has 8 heteroatoms. The molecular weight excluding hydrogens is 558 g/mol. The molecule has 0 fully saturated rings. The topological polar surface area (TPSA) is 75.6 Å². The van der Waals surface area contributed by atoms with Gasteiger partial charge in [0.25, 0.3) is 0 Å². The zero-order valence-corrected chi connectivity index (χ0v) is 27.4. The molecule has 0 radical (unpaired) electrons. The molecule has 0 aromatic heterocycles. The average molecular weight is 602 g/mol. The molecule has 5 nitrogen and oxygen atoms in total. The van der Waals surface area contributed by atoms with Crippen LogP contribution < -0.4 is 4.72 Å². The molecule has 0 heterocycles. The lowest BCUT2D eigenvalue weighted by Gasteiger charge is -2.52. The third-order valence-electron chi connectivity index (χ3n) is 8.02. The molecule has 2 unspecified atom stereocenters. The Morgan fingerprint density at radius 2 is 1.20 bits per heavy atom. The number of sulfonamides is 1. The van der Waals surface area contributed by atoms with E-state index in [2.05, 4.69) is 53.2 Å². The first-order valence-corrected chi connectivity index (χ1v) is 17.8. The lowest BCUT2D eigenvalue weighted by molar-refractivity contribution is -0.00488. The summed E-state index contributed by atoms with van der Waals surface area (Å²) < 4.78 is 37.9. The minimum atomic E-state index is -4.09. The zero-order valence-electron chi connectivity index (χ0n) is 24.9. The fourth-order valence-corrected chi connectivity index (χ4v) is 14.4. The first-order chi connectivity index (χ1) is 18.6. The Hall–Kier alpha value is -2.00. The van der Waals surface area contributed by atoms with Gasteiger partial charge in [-0.05, 0) is 58.4 Å². The van der Waals surface area contributed by atoms with Gasteiger partial charge in [-0.15, -0.1) is 0 Å². The van der Waals surface area contributed by atoms with Crippen molar-refractivity contribution in [1.82, 2.24) is 4.72 Å². The van der Waals surface area contributed by atoms with Gasteiger partial charge in [-0.25, -0.2) is 13.1 Å². The molecule has 2 N–H and O–H groups in total. The van der Waals surface area contributed by atoms with Crippen molar-refractivity contribution in [3.05, 3.63) is 101 Å². The van der Waals surface area contributed by atoms with Crippen LogP contribution >= 0.6 is 11.6 Å². The van der Waals surface area contributed by atoms with Gasteiger partial charge in [0.15, 0.2) is 0 Å². The maximum absolute atomic E-state index is 13.9. The summed E-state index contributed by atoms with van der Waals surface area (Å²) in [6, 6.07) is 23.4. The van der Waals surface area contributed by atoms with Crippen molar-refractivity contribution in [1.29, 1.82) is 0 Å². The van der Waals surface area contributed by atoms with Crippen molar-refractivity contribution < 1.29 is 18.0 Å². The third kappa shape index (κ3) is 6.40. The van der Waals surface area contributed by atoms with E-state index in [1.165, 1.54) is 12.1 Å². The normalized spacial score (nSPS) is 14.9. The molecule has 0 saturated heterocycles. The summed E-state index contributed by atoms with van der Waals surface area (Å²) >= 11 is 6.05. The van der Waals surface area contributed by atoms with Gasteiger partial charge in [-0.2, -0.15) is 0 Å². The molecule has 0 aliphatic rings. The average Bonchev–Trinajstić information content (AvgIpc) is 2.90. The molecule has 3 aromatic rings. The Morgan fingerprint density at radius 3 is 1.57 bits per heavy atom. The molecular formula is C32H44ClNO4SSi. The van der Waals surface area contributed by atoms with Gasteiger partial charge in [0.2, 0.25) is 18.3 Å². The van der Waals surface area contributed by atoms with Crippen molar-refractivity contribution in [3.63, 3.8) is 0 Å². The number of hydrogen-bond donors (Lipinski definition) is 2. The Labute approximate surface area is 247 Å². The Morgan fingerprint density at radius 1 is 0.775 bits per heavy atom. The van der Waals surface area contributed by atoms with Gasteiger partial charge < -0.3 is 9.53 Å². The molecule has 3 rings (SSSR count). The predicted octanol–water partition coefficient (Wildman–Crippen LogP) is 7.89. The second kappa shape index (κ2) is 12.5. The maximum Gasteiger partial charge on any atom is 0.241 e. The van der Waals surface area contributed by atoms with E-state index < -0.39 is 36.1 Å². The molecule has 0 spiro atoms. The molecule has 218 valence electrons. The monoisotopic (exact) mass is 601 g/mol. The number of hydrogen-bond acceptors (Lipinski definition) is 4. The highest BCUT2D eigenvalue weighted by Crippen LogP contribution is 2.52. The Balaban J connectivity index is 2.28. The summed E-state index contributed by atoms with van der Waals surface area (Å²) in [6.07, 6.45) is -0.692. The van der Waals surface area contributed by atoms with E-state index in [9.17, 15) is 13.5 Å². The molecule has 2 atom stereocenters. The summed E-state index contributed by atoms with van der Waals surface area (Å²) in [5.74, 6) is 0. The molecule has 3 aromatic carbocycles. The summed E-state index contributed by atoms with van der Waals surface area (Å²) in [5, 5.41) is 13.1. The molecule has 0 amide bonds. The first kappa shape index (κ1) is 32.5. The number of benzene rings is 3. The van der Waals surface area contributed by atoms with E-state index >= 15 is 0 Å². The van der Waals surface area contributed by atoms with Crippen molar-refractivity contribution >= 4 is 29.9 Å². The second-order valence-electron chi connectivity index (χ2n) is 12.2. The van der Waals surface area contributed by atoms with Gasteiger partial charge in [0, 0.05) is 5.02 Å². The fraction of sp³-hybridized carbons (Fsp3) is 0.438. The van der Waals surface area contributed by atoms with Crippen LogP contribution in [0.15, 0.2) is 89.8 Å². The number of nitrogens with one attached hydrogen (secondary N) is 1. The number of halogens is 1. The lowest BCUT2D eigenvalue weighted by atomic mass is 9.78. The smallest absolute Gasteiger partial charge is 0.241 e. The highest BCUT2D eigenvalue weighted by atomic mass is 35.5. The van der Waals surface area contributed by atoms with Crippen molar-refractivity contribution in [2.45, 2.75) is 94.2 Å². The van der Waals surface area contributed by atoms with Gasteiger partial charge >= 0.3 is 0 Å². The van der Waals surface area contributed by atoms with Gasteiger partial charge in [0.05, 0.1) is 17.0 Å². The zero-order chi connectivity index (χ0) is 29.9. The maximum atomic E-state index is 13.9. The van der Waals surface area contributed by atoms with Crippen molar-refractivity contribution in [3.8, 4) is 0 Å². The Kier molecular flexibility index (Phi) is 10.1. The van der Waals surface area contributed by atoms with Crippen LogP contribution in [0.2, 0.25) is 21.1 Å². The lowest BCUT2D eigenvalue weighted by Crippen LogP contribution is -2.62. The van der Waals surface area contributed by atoms with E-state index in [1.807, 2.05) is 67.6 Å². The molecule has 0 aliphatic carbocycles. The van der Waals surface area contributed by atoms with Crippen LogP contribution in [0.25, 0.3) is 0 Å². The van der Waals surface area contributed by atoms with Crippen LogP contribution in [0.5, 0.6) is 0 Å². The van der Waals surface area contributed by atoms with Crippen LogP contribution in [0.4, 0.5) is 0 Å². The summed E-state index contributed by atoms with van der Waals surface area (Å²) in [6.45, 7) is 17.3. The summed E-state index contributed by atoms with van der Waals surface area (Å²) in [5.41, 5.74) is -0.127. The van der Waals surface area contributed by atoms with Crippen molar-refractivity contribution in [2.24, 2.45) is 0 Å². The van der Waals surface area contributed by atoms with Gasteiger partial charge in [-0.3, -0.25) is 0 Å². The molecule has 0 bridgehead atoms. The van der Waals surface area contributed by atoms with E-state index in [0.717, 1.165) is 0 Å². The van der Waals surface area contributed by atoms with Crippen LogP contribution in [0.3, 0.4) is 0 Å². The quantitative estimate of drug-likeness (QED) is 0.219. The second-order valence-corrected chi connectivity index (χ2v) is 20.0. The SMILES string of the molecule is CC(O[Si](C(C)C)(C(C)C)C(C)(C)C)C(NS(=O)(=O)c1ccc(Cl)cc1)C(O)(c1ccccc1)c1ccccc1. The third-order valence-corrected chi connectivity index (χ3v) is 16.3. The van der Waals surface area contributed by atoms with Crippen molar-refractivity contribution in [2.75, 3.05) is 0 Å². The summed E-state index contributed by atoms with van der Waals surface area (Å²) in [7, 11) is -6.67. The minimum Gasteiger partial charge on any atom is -0.411 e. The van der Waals surface area contributed by atoms with E-state index in [0.29, 0.717) is 16.1 Å². The predicted molar refractivity (Wildman–Crippen MR) is 168 cm³/mol. The van der Waals surface area contributed by atoms with Crippen LogP contribution in [-0.2, 0) is 20.1 Å². The largest absolute Gasteiger partial charge is 0.411 e. The van der Waals surface area contributed by atoms with Crippen LogP contribution in [0.1, 0.15) is 66.5 Å². The molecule has 0 saturated carbocycles. The van der Waals surface area contributed by atoms with Gasteiger partial charge in [0.1, 0.15) is 5.60 Å². The Bertz CT molecular complexity index is 1290. The standard InChI is InChI=1S/C32H44ClNO4SSi/c1-23(2)40(24(3)4,31(6,7)8)38-25(5)30(34-39(36,37)29-21-19-28(33)20-22-29)32(35,26-15-11-9-12-16-26)27-17-13-10-14-18-27/h9-25,30,34-35H,1-8H3. The highest BCUT2D eigenvalue weighted by Gasteiger charge is 2.55. The van der Waals surface area contributed by atoms with Crippen LogP contribution in [-0.4, -0.2) is 34.0 Å². The fourth-order valence-electron chi connectivity index (χ4n) is 6.50. The van der Waals surface area contributed by atoms with E-state index in [1.54, 1.807) is 12.1 Å². The number of rotatable bonds is 11. The highest BCUT2D eigenvalue weighted by molar-refractivity contribution is 7.89.